The number of aliphatic imine (C=N–C) groups is 2. The lowest BCUT2D eigenvalue weighted by atomic mass is 10.8. The highest BCUT2D eigenvalue weighted by atomic mass is 35.5. The van der Waals surface area contributed by atoms with Gasteiger partial charge >= 0.3 is 12.0 Å². The third-order valence-electron chi connectivity index (χ3n) is 1.11. The van der Waals surface area contributed by atoms with Gasteiger partial charge in [0.15, 0.2) is 0 Å². The van der Waals surface area contributed by atoms with E-state index in [1.807, 2.05) is 0 Å². The summed E-state index contributed by atoms with van der Waals surface area (Å²) < 4.78 is 10.8. The maximum Gasteiger partial charge on any atom is 0.312 e. The summed E-state index contributed by atoms with van der Waals surface area (Å²) in [5.74, 6) is 0. The van der Waals surface area contributed by atoms with Crippen molar-refractivity contribution in [2.45, 2.75) is 0 Å². The maximum absolute atomic E-state index is 5.67. The second kappa shape index (κ2) is 3.43. The highest BCUT2D eigenvalue weighted by molar-refractivity contribution is 6.29. The molecule has 1 aliphatic rings. The Kier molecular flexibility index (Phi) is 2.53. The van der Waals surface area contributed by atoms with Crippen LogP contribution >= 0.6 is 11.8 Å². The van der Waals surface area contributed by atoms with Gasteiger partial charge in [0.1, 0.15) is 6.67 Å². The van der Waals surface area contributed by atoms with E-state index in [2.05, 4.69) is 9.98 Å². The van der Waals surface area contributed by atoms with Crippen molar-refractivity contribution in [3.8, 4) is 0 Å². The van der Waals surface area contributed by atoms with Crippen molar-refractivity contribution in [2.75, 3.05) is 20.9 Å². The number of ether oxygens (including phenoxy) is 2. The van der Waals surface area contributed by atoms with E-state index in [4.69, 9.17) is 21.3 Å². The van der Waals surface area contributed by atoms with Crippen molar-refractivity contribution in [1.82, 2.24) is 4.42 Å². The van der Waals surface area contributed by atoms with E-state index < -0.39 is 0 Å². The van der Waals surface area contributed by atoms with Gasteiger partial charge in [0.25, 0.3) is 0 Å². The van der Waals surface area contributed by atoms with E-state index in [-0.39, 0.29) is 6.67 Å². The fraction of sp³-hybridized carbons (Fsp3) is 0.600. The third kappa shape index (κ3) is 1.54. The highest BCUT2D eigenvalue weighted by Crippen LogP contribution is 2.06. The number of rotatable bonds is 0. The molecule has 0 aliphatic carbocycles. The van der Waals surface area contributed by atoms with Crippen molar-refractivity contribution >= 4 is 23.8 Å². The summed E-state index contributed by atoms with van der Waals surface area (Å²) in [6, 6.07) is 0.581. The number of methoxy groups -OCH3 is 2. The fourth-order valence-corrected chi connectivity index (χ4v) is 0.897. The summed E-state index contributed by atoms with van der Waals surface area (Å²) in [4.78, 5) is 7.70. The zero-order chi connectivity index (χ0) is 8.27. The molecule has 0 atom stereocenters. The molecule has 0 radical (unpaired) electrons. The van der Waals surface area contributed by atoms with Crippen molar-refractivity contribution in [3.63, 3.8) is 0 Å². The van der Waals surface area contributed by atoms with Crippen molar-refractivity contribution in [3.05, 3.63) is 0 Å². The normalized spacial score (nSPS) is 17.2. The Hall–Kier alpha value is -0.970. The van der Waals surface area contributed by atoms with Crippen LogP contribution < -0.4 is 0 Å². The molecule has 0 spiro atoms. The molecular formula is C5H8ClN3O2. The first-order chi connectivity index (χ1) is 5.29. The van der Waals surface area contributed by atoms with Crippen LogP contribution in [0, 0.1) is 0 Å². The number of amidine groups is 2. The van der Waals surface area contributed by atoms with Crippen LogP contribution in [0.1, 0.15) is 0 Å². The summed E-state index contributed by atoms with van der Waals surface area (Å²) >= 11 is 5.67. The van der Waals surface area contributed by atoms with Gasteiger partial charge in [-0.05, 0) is 0 Å². The Morgan fingerprint density at radius 3 is 2.09 bits per heavy atom. The molecule has 1 rings (SSSR count). The van der Waals surface area contributed by atoms with Gasteiger partial charge in [0.2, 0.25) is 0 Å². The minimum atomic E-state index is 0.287. The third-order valence-corrected chi connectivity index (χ3v) is 1.40. The summed E-state index contributed by atoms with van der Waals surface area (Å²) in [6.07, 6.45) is 0. The minimum Gasteiger partial charge on any atom is -0.467 e. The first kappa shape index (κ1) is 8.13. The monoisotopic (exact) mass is 177 g/mol. The van der Waals surface area contributed by atoms with Gasteiger partial charge in [-0.1, -0.05) is 0 Å². The van der Waals surface area contributed by atoms with E-state index in [1.165, 1.54) is 14.2 Å². The van der Waals surface area contributed by atoms with Crippen LogP contribution in [0.2, 0.25) is 0 Å². The Morgan fingerprint density at radius 2 is 1.73 bits per heavy atom. The van der Waals surface area contributed by atoms with Crippen LogP contribution in [-0.4, -0.2) is 37.4 Å². The van der Waals surface area contributed by atoms with Crippen LogP contribution in [0.25, 0.3) is 0 Å². The lowest BCUT2D eigenvalue weighted by Crippen LogP contribution is -2.33. The average Bonchev–Trinajstić information content (AvgIpc) is 2.05. The minimum absolute atomic E-state index is 0.287. The topological polar surface area (TPSA) is 46.4 Å². The van der Waals surface area contributed by atoms with Gasteiger partial charge in [0.05, 0.1) is 14.2 Å². The van der Waals surface area contributed by atoms with Gasteiger partial charge < -0.3 is 9.47 Å². The molecule has 0 aromatic heterocycles. The zero-order valence-electron chi connectivity index (χ0n) is 6.24. The summed E-state index contributed by atoms with van der Waals surface area (Å²) in [7, 11) is 2.96. The summed E-state index contributed by atoms with van der Waals surface area (Å²) in [5.41, 5.74) is 0. The number of halogens is 1. The second-order valence-corrected chi connectivity index (χ2v) is 2.05. The first-order valence-electron chi connectivity index (χ1n) is 2.92. The van der Waals surface area contributed by atoms with Crippen LogP contribution in [0.3, 0.4) is 0 Å². The summed E-state index contributed by atoms with van der Waals surface area (Å²) in [6.45, 7) is 0.287. The van der Waals surface area contributed by atoms with Gasteiger partial charge in [-0.25, -0.2) is 9.98 Å². The molecule has 0 N–H and O–H groups in total. The molecular weight excluding hydrogens is 170 g/mol. The van der Waals surface area contributed by atoms with Crippen molar-refractivity contribution < 1.29 is 9.47 Å². The molecule has 0 saturated heterocycles. The Morgan fingerprint density at radius 1 is 1.27 bits per heavy atom. The second-order valence-electron chi connectivity index (χ2n) is 1.71. The standard InChI is InChI=1S/C5H8ClN3O2/c1-10-4-7-3-8-5(11-2)9(4)6/h3H2,1-2H3. The number of nitrogens with zero attached hydrogens (tertiary/aromatic N) is 3. The molecule has 0 bridgehead atoms. The van der Waals surface area contributed by atoms with Gasteiger partial charge in [-0.2, -0.15) is 4.42 Å². The quantitative estimate of drug-likeness (QED) is 0.504. The average molecular weight is 178 g/mol. The highest BCUT2D eigenvalue weighted by Gasteiger charge is 2.19. The molecule has 62 valence electrons. The molecule has 1 aliphatic heterocycles. The molecule has 0 aromatic rings. The summed E-state index contributed by atoms with van der Waals surface area (Å²) in [5, 5.41) is 0. The lowest BCUT2D eigenvalue weighted by molar-refractivity contribution is 0.319. The van der Waals surface area contributed by atoms with Gasteiger partial charge in [0, 0.05) is 11.8 Å². The number of hydrogen-bond donors (Lipinski definition) is 0. The number of hydrogen-bond acceptors (Lipinski definition) is 5. The van der Waals surface area contributed by atoms with Crippen molar-refractivity contribution in [2.24, 2.45) is 9.98 Å². The molecule has 11 heavy (non-hydrogen) atoms. The molecule has 0 unspecified atom stereocenters. The molecule has 0 saturated carbocycles. The van der Waals surface area contributed by atoms with E-state index in [0.717, 1.165) is 4.42 Å². The molecule has 0 amide bonds. The van der Waals surface area contributed by atoms with E-state index in [9.17, 15) is 0 Å². The van der Waals surface area contributed by atoms with Crippen molar-refractivity contribution in [1.29, 1.82) is 0 Å². The molecule has 1 heterocycles. The van der Waals surface area contributed by atoms with Gasteiger partial charge in [-0.3, -0.25) is 0 Å². The zero-order valence-corrected chi connectivity index (χ0v) is 7.00. The fourth-order valence-electron chi connectivity index (χ4n) is 0.652. The van der Waals surface area contributed by atoms with E-state index in [0.29, 0.717) is 12.0 Å². The Labute approximate surface area is 69.4 Å². The van der Waals surface area contributed by atoms with Crippen LogP contribution in [0.4, 0.5) is 0 Å². The van der Waals surface area contributed by atoms with E-state index >= 15 is 0 Å². The Bertz CT molecular complexity index is 184. The molecule has 0 fully saturated rings. The molecule has 5 nitrogen and oxygen atoms in total. The van der Waals surface area contributed by atoms with Gasteiger partial charge in [-0.15, -0.1) is 0 Å². The molecule has 0 aromatic carbocycles. The Balaban J connectivity index is 2.69. The maximum atomic E-state index is 5.67. The SMILES string of the molecule is COC1=NCN=C(OC)N1Cl. The molecule has 6 heteroatoms. The van der Waals surface area contributed by atoms with Crippen LogP contribution in [-0.2, 0) is 9.47 Å². The van der Waals surface area contributed by atoms with E-state index in [1.54, 1.807) is 0 Å². The predicted octanol–water partition coefficient (Wildman–Crippen LogP) is 0.418. The van der Waals surface area contributed by atoms with Crippen LogP contribution in [0.5, 0.6) is 0 Å². The predicted molar refractivity (Wildman–Crippen MR) is 41.4 cm³/mol. The lowest BCUT2D eigenvalue weighted by Gasteiger charge is -2.18. The smallest absolute Gasteiger partial charge is 0.312 e. The van der Waals surface area contributed by atoms with Crippen LogP contribution in [0.15, 0.2) is 9.98 Å². The largest absolute Gasteiger partial charge is 0.467 e. The first-order valence-corrected chi connectivity index (χ1v) is 3.26.